The molecule has 0 aliphatic heterocycles. The normalized spacial score (nSPS) is 12.4. The van der Waals surface area contributed by atoms with E-state index < -0.39 is 52.6 Å². The summed E-state index contributed by atoms with van der Waals surface area (Å²) in [5.41, 5.74) is 3.80. The molecule has 0 bridgehead atoms. The zero-order chi connectivity index (χ0) is 26.6. The Morgan fingerprint density at radius 2 is 1.72 bits per heavy atom. The van der Waals surface area contributed by atoms with Crippen LogP contribution in [-0.2, 0) is 6.18 Å². The molecule has 36 heavy (non-hydrogen) atoms. The van der Waals surface area contributed by atoms with Crippen LogP contribution in [0.2, 0.25) is 0 Å². The van der Waals surface area contributed by atoms with Crippen LogP contribution < -0.4 is 10.5 Å². The van der Waals surface area contributed by atoms with E-state index >= 15 is 0 Å². The third-order valence-corrected chi connectivity index (χ3v) is 5.79. The van der Waals surface area contributed by atoms with Crippen molar-refractivity contribution in [1.82, 2.24) is 4.98 Å². The molecule has 5 nitrogen and oxygen atoms in total. The number of nitrogens with two attached hydrogens (primary N) is 1. The zero-order valence-corrected chi connectivity index (χ0v) is 20.2. The van der Waals surface area contributed by atoms with Gasteiger partial charge in [0.1, 0.15) is 17.1 Å². The maximum atomic E-state index is 14.9. The van der Waals surface area contributed by atoms with Crippen molar-refractivity contribution in [2.45, 2.75) is 25.1 Å². The molecule has 1 amide bonds. The van der Waals surface area contributed by atoms with E-state index in [0.29, 0.717) is 18.4 Å². The third-order valence-electron chi connectivity index (χ3n) is 5.25. The van der Waals surface area contributed by atoms with Crippen molar-refractivity contribution in [2.75, 3.05) is 0 Å². The van der Waals surface area contributed by atoms with Gasteiger partial charge in [0.15, 0.2) is 22.3 Å². The first-order valence-corrected chi connectivity index (χ1v) is 11.3. The molecule has 1 aromatic heterocycles. The first kappa shape index (κ1) is 27.1. The van der Waals surface area contributed by atoms with Gasteiger partial charge < -0.3 is 14.9 Å². The molecule has 1 heterocycles. The van der Waals surface area contributed by atoms with Crippen molar-refractivity contribution in [2.24, 2.45) is 11.7 Å². The highest BCUT2D eigenvalue weighted by Gasteiger charge is 2.33. The van der Waals surface area contributed by atoms with Crippen molar-refractivity contribution < 1.29 is 35.9 Å². The summed E-state index contributed by atoms with van der Waals surface area (Å²) in [5, 5.41) is 0. The quantitative estimate of drug-likeness (QED) is 0.203. The van der Waals surface area contributed by atoms with Gasteiger partial charge in [0.05, 0.1) is 5.56 Å². The molecule has 0 saturated carbocycles. The summed E-state index contributed by atoms with van der Waals surface area (Å²) in [5.74, 6) is -4.72. The number of halogens is 6. The first-order chi connectivity index (χ1) is 17.0. The molecule has 1 atom stereocenters. The van der Waals surface area contributed by atoms with Gasteiger partial charge in [-0.15, -0.1) is 13.2 Å². The van der Waals surface area contributed by atoms with E-state index in [-0.39, 0.29) is 16.3 Å². The van der Waals surface area contributed by atoms with Gasteiger partial charge in [-0.2, -0.15) is 13.2 Å². The van der Waals surface area contributed by atoms with Crippen LogP contribution in [-0.4, -0.2) is 10.9 Å². The number of aromatic nitrogens is 1. The lowest BCUT2D eigenvalue weighted by Crippen LogP contribution is -2.21. The van der Waals surface area contributed by atoms with E-state index in [1.165, 1.54) is 12.1 Å². The number of amides is 1. The van der Waals surface area contributed by atoms with Crippen LogP contribution in [0.3, 0.4) is 0 Å². The van der Waals surface area contributed by atoms with E-state index in [0.717, 1.165) is 24.3 Å². The molecule has 0 fully saturated rings. The number of oxazole rings is 1. The first-order valence-electron chi connectivity index (χ1n) is 10.5. The number of hydrogen-bond donors (Lipinski definition) is 1. The second kappa shape index (κ2) is 11.1. The fraction of sp³-hybridized carbons (Fsp3) is 0.200. The summed E-state index contributed by atoms with van der Waals surface area (Å²) in [4.78, 5) is 15.9. The average molecular weight is 571 g/mol. The minimum Gasteiger partial charge on any atom is -0.477 e. The lowest BCUT2D eigenvalue weighted by atomic mass is 9.94. The Morgan fingerprint density at radius 3 is 2.25 bits per heavy atom. The molecule has 1 unspecified atom stereocenters. The number of allylic oxidation sites excluding steroid dienone is 2. The standard InChI is InChI=1S/C25H20BrF5N2O3/c1-3-5-14(6-4-2)21(35-17-12-11-16(27)18(19(17)28)23(32)34)24-33-20(22(26)36-24)13-7-9-15(10-8-13)25(29,30)31/h3-4,7-12,14,21H,1-2,5-6H2,(H2,32,34). The van der Waals surface area contributed by atoms with Crippen molar-refractivity contribution in [1.29, 1.82) is 0 Å². The van der Waals surface area contributed by atoms with Crippen molar-refractivity contribution in [3.05, 3.63) is 95.0 Å². The molecule has 190 valence electrons. The highest BCUT2D eigenvalue weighted by Crippen LogP contribution is 2.39. The Morgan fingerprint density at radius 1 is 1.11 bits per heavy atom. The van der Waals surface area contributed by atoms with Crippen LogP contribution in [0.15, 0.2) is 70.8 Å². The molecule has 2 N–H and O–H groups in total. The molecule has 3 aromatic rings. The molecule has 11 heteroatoms. The summed E-state index contributed by atoms with van der Waals surface area (Å²) in [6.07, 6.45) is -1.71. The number of benzene rings is 2. The van der Waals surface area contributed by atoms with Gasteiger partial charge in [0.25, 0.3) is 5.91 Å². The third kappa shape index (κ3) is 5.84. The average Bonchev–Trinajstić information content (AvgIpc) is 3.19. The Labute approximate surface area is 211 Å². The van der Waals surface area contributed by atoms with E-state index in [2.05, 4.69) is 34.1 Å². The summed E-state index contributed by atoms with van der Waals surface area (Å²) in [6, 6.07) is 6.11. The molecule has 0 saturated heterocycles. The number of rotatable bonds is 10. The van der Waals surface area contributed by atoms with Crippen LogP contribution in [0.4, 0.5) is 22.0 Å². The lowest BCUT2D eigenvalue weighted by Gasteiger charge is -2.24. The zero-order valence-electron chi connectivity index (χ0n) is 18.6. The number of hydrogen-bond acceptors (Lipinski definition) is 4. The SMILES string of the molecule is C=CCC(CC=C)C(Oc1ccc(F)c(C(N)=O)c1F)c1nc(-c2ccc(C(F)(F)F)cc2)c(Br)o1. The highest BCUT2D eigenvalue weighted by molar-refractivity contribution is 9.10. The number of alkyl halides is 3. The smallest absolute Gasteiger partial charge is 0.416 e. The van der Waals surface area contributed by atoms with Crippen molar-refractivity contribution in [3.63, 3.8) is 0 Å². The van der Waals surface area contributed by atoms with Crippen LogP contribution in [0, 0.1) is 17.6 Å². The molecule has 0 aliphatic carbocycles. The minimum absolute atomic E-state index is 0.0465. The fourth-order valence-electron chi connectivity index (χ4n) is 3.54. The second-order valence-corrected chi connectivity index (χ2v) is 8.42. The Bertz CT molecular complexity index is 1260. The van der Waals surface area contributed by atoms with Crippen LogP contribution >= 0.6 is 15.9 Å². The van der Waals surface area contributed by atoms with Gasteiger partial charge in [-0.05, 0) is 53.0 Å². The predicted molar refractivity (Wildman–Crippen MR) is 126 cm³/mol. The Kier molecular flexibility index (Phi) is 8.34. The molecule has 3 rings (SSSR count). The van der Waals surface area contributed by atoms with Gasteiger partial charge >= 0.3 is 6.18 Å². The highest BCUT2D eigenvalue weighted by atomic mass is 79.9. The lowest BCUT2D eigenvalue weighted by molar-refractivity contribution is -0.137. The van der Waals surface area contributed by atoms with Crippen molar-refractivity contribution >= 4 is 21.8 Å². The molecule has 2 aromatic carbocycles. The Hall–Kier alpha value is -3.47. The second-order valence-electron chi connectivity index (χ2n) is 7.70. The van der Waals surface area contributed by atoms with Crippen LogP contribution in [0.25, 0.3) is 11.3 Å². The van der Waals surface area contributed by atoms with Gasteiger partial charge in [0.2, 0.25) is 5.89 Å². The summed E-state index contributed by atoms with van der Waals surface area (Å²) in [7, 11) is 0. The monoisotopic (exact) mass is 570 g/mol. The number of nitrogens with zero attached hydrogens (tertiary/aromatic N) is 1. The summed E-state index contributed by atoms with van der Waals surface area (Å²) in [6.45, 7) is 7.41. The van der Waals surface area contributed by atoms with Gasteiger partial charge in [-0.1, -0.05) is 24.3 Å². The molecule has 0 radical (unpaired) electrons. The molecule has 0 aliphatic rings. The maximum absolute atomic E-state index is 14.9. The van der Waals surface area contributed by atoms with Gasteiger partial charge in [-0.3, -0.25) is 4.79 Å². The molecule has 0 spiro atoms. The molecular formula is C25H20BrF5N2O3. The van der Waals surface area contributed by atoms with Gasteiger partial charge in [0, 0.05) is 11.5 Å². The number of carbonyl (C=O) groups excluding carboxylic acids is 1. The van der Waals surface area contributed by atoms with E-state index in [4.69, 9.17) is 14.9 Å². The number of carbonyl (C=O) groups is 1. The topological polar surface area (TPSA) is 78.4 Å². The molecular weight excluding hydrogens is 551 g/mol. The van der Waals surface area contributed by atoms with Crippen LogP contribution in [0.5, 0.6) is 5.75 Å². The minimum atomic E-state index is -4.50. The summed E-state index contributed by atoms with van der Waals surface area (Å²) >= 11 is 3.22. The van der Waals surface area contributed by atoms with Crippen molar-refractivity contribution in [3.8, 4) is 17.0 Å². The Balaban J connectivity index is 2.07. The van der Waals surface area contributed by atoms with E-state index in [1.807, 2.05) is 0 Å². The largest absolute Gasteiger partial charge is 0.477 e. The summed E-state index contributed by atoms with van der Waals surface area (Å²) < 4.78 is 79.3. The number of ether oxygens (including phenoxy) is 1. The van der Waals surface area contributed by atoms with E-state index in [9.17, 15) is 26.7 Å². The van der Waals surface area contributed by atoms with E-state index in [1.54, 1.807) is 12.2 Å². The fourth-order valence-corrected chi connectivity index (χ4v) is 4.02. The van der Waals surface area contributed by atoms with Crippen LogP contribution in [0.1, 0.15) is 40.8 Å². The maximum Gasteiger partial charge on any atom is 0.416 e. The van der Waals surface area contributed by atoms with Gasteiger partial charge in [-0.25, -0.2) is 13.8 Å². The predicted octanol–water partition coefficient (Wildman–Crippen LogP) is 7.39. The number of primary amides is 1.